The van der Waals surface area contributed by atoms with Crippen LogP contribution < -0.4 is 5.32 Å². The Morgan fingerprint density at radius 2 is 1.47 bits per heavy atom. The van der Waals surface area contributed by atoms with E-state index in [1.165, 1.54) is 0 Å². The van der Waals surface area contributed by atoms with Crippen LogP contribution in [0.15, 0.2) is 24.3 Å². The third-order valence-corrected chi connectivity index (χ3v) is 3.47. The highest BCUT2D eigenvalue weighted by Crippen LogP contribution is 2.21. The smallest absolute Gasteiger partial charge is 0.0767 e. The number of hydrogen-bond donors (Lipinski definition) is 3. The van der Waals surface area contributed by atoms with E-state index in [0.29, 0.717) is 6.54 Å². The first kappa shape index (κ1) is 14.2. The minimum absolute atomic E-state index is 0.0723. The second kappa shape index (κ2) is 5.17. The van der Waals surface area contributed by atoms with Crippen molar-refractivity contribution in [2.24, 2.45) is 0 Å². The van der Waals surface area contributed by atoms with E-state index < -0.39 is 5.60 Å². The lowest BCUT2D eigenvalue weighted by atomic mass is 9.86. The molecule has 0 fully saturated rings. The summed E-state index contributed by atoms with van der Waals surface area (Å²) in [5.74, 6) is 0. The van der Waals surface area contributed by atoms with Gasteiger partial charge in [-0.15, -0.1) is 0 Å². The maximum Gasteiger partial charge on any atom is 0.0767 e. The molecule has 0 unspecified atom stereocenters. The van der Waals surface area contributed by atoms with Crippen molar-refractivity contribution in [3.63, 3.8) is 0 Å². The van der Waals surface area contributed by atoms with E-state index in [4.69, 9.17) is 5.11 Å². The molecule has 0 heterocycles. The van der Waals surface area contributed by atoms with E-state index in [2.05, 4.69) is 5.32 Å². The fourth-order valence-electron chi connectivity index (χ4n) is 1.30. The van der Waals surface area contributed by atoms with Crippen molar-refractivity contribution in [1.29, 1.82) is 0 Å². The predicted octanol–water partition coefficient (Wildman–Crippen LogP) is 1.82. The van der Waals surface area contributed by atoms with Gasteiger partial charge in [0.2, 0.25) is 0 Å². The molecular formula is C14H23NO2. The average Bonchev–Trinajstić information content (AvgIpc) is 2.25. The summed E-state index contributed by atoms with van der Waals surface area (Å²) < 4.78 is 0. The maximum atomic E-state index is 10.0. The summed E-state index contributed by atoms with van der Waals surface area (Å²) in [7, 11) is 0. The van der Waals surface area contributed by atoms with Crippen LogP contribution in [0.25, 0.3) is 0 Å². The van der Waals surface area contributed by atoms with Crippen LogP contribution in [-0.2, 0) is 13.2 Å². The molecule has 0 aliphatic rings. The van der Waals surface area contributed by atoms with E-state index >= 15 is 0 Å². The summed E-state index contributed by atoms with van der Waals surface area (Å²) >= 11 is 0. The zero-order valence-corrected chi connectivity index (χ0v) is 11.1. The highest BCUT2D eigenvalue weighted by atomic mass is 16.3. The molecule has 0 saturated heterocycles. The molecule has 1 aromatic carbocycles. The van der Waals surface area contributed by atoms with Crippen LogP contribution in [-0.4, -0.2) is 21.4 Å². The number of aliphatic hydroxyl groups is 2. The Balaban J connectivity index is 2.61. The van der Waals surface area contributed by atoms with Crippen LogP contribution >= 0.6 is 0 Å². The number of hydrogen-bond acceptors (Lipinski definition) is 3. The lowest BCUT2D eigenvalue weighted by Crippen LogP contribution is -2.55. The lowest BCUT2D eigenvalue weighted by Gasteiger charge is -2.38. The minimum atomic E-state index is -0.780. The molecule has 1 rings (SSSR count). The van der Waals surface area contributed by atoms with E-state index in [9.17, 15) is 5.11 Å². The summed E-state index contributed by atoms with van der Waals surface area (Å²) in [4.78, 5) is 0. The minimum Gasteiger partial charge on any atom is -0.392 e. The standard InChI is InChI=1S/C14H23NO2/c1-13(2,14(3,4)17)15-9-11-5-7-12(10-16)8-6-11/h5-8,15-17H,9-10H2,1-4H3. The average molecular weight is 237 g/mol. The second-order valence-corrected chi connectivity index (χ2v) is 5.51. The number of rotatable bonds is 5. The maximum absolute atomic E-state index is 10.0. The lowest BCUT2D eigenvalue weighted by molar-refractivity contribution is -0.00531. The van der Waals surface area contributed by atoms with Crippen LogP contribution in [0.2, 0.25) is 0 Å². The Kier molecular flexibility index (Phi) is 4.31. The van der Waals surface area contributed by atoms with Gasteiger partial charge in [0, 0.05) is 12.1 Å². The van der Waals surface area contributed by atoms with Crippen molar-refractivity contribution in [3.05, 3.63) is 35.4 Å². The third-order valence-electron chi connectivity index (χ3n) is 3.47. The summed E-state index contributed by atoms with van der Waals surface area (Å²) in [5.41, 5.74) is 0.913. The molecule has 0 radical (unpaired) electrons. The van der Waals surface area contributed by atoms with Crippen LogP contribution in [0.3, 0.4) is 0 Å². The molecule has 96 valence electrons. The zero-order valence-electron chi connectivity index (χ0n) is 11.1. The Morgan fingerprint density at radius 3 is 1.88 bits per heavy atom. The molecule has 1 aromatic rings. The SMILES string of the molecule is CC(C)(O)C(C)(C)NCc1ccc(CO)cc1. The van der Waals surface area contributed by atoms with Gasteiger partial charge in [-0.3, -0.25) is 0 Å². The molecule has 3 heteroatoms. The van der Waals surface area contributed by atoms with Gasteiger partial charge in [-0.25, -0.2) is 0 Å². The Hall–Kier alpha value is -0.900. The molecule has 0 aliphatic carbocycles. The quantitative estimate of drug-likeness (QED) is 0.732. The zero-order chi connectivity index (χ0) is 13.1. The van der Waals surface area contributed by atoms with Gasteiger partial charge in [-0.05, 0) is 38.8 Å². The normalized spacial score (nSPS) is 12.8. The molecule has 17 heavy (non-hydrogen) atoms. The van der Waals surface area contributed by atoms with Crippen LogP contribution in [0.4, 0.5) is 0 Å². The van der Waals surface area contributed by atoms with Crippen molar-refractivity contribution in [2.45, 2.75) is 52.0 Å². The first-order valence-corrected chi connectivity index (χ1v) is 5.92. The van der Waals surface area contributed by atoms with E-state index in [0.717, 1.165) is 11.1 Å². The topological polar surface area (TPSA) is 52.5 Å². The number of benzene rings is 1. The van der Waals surface area contributed by atoms with Crippen molar-refractivity contribution in [3.8, 4) is 0 Å². The molecular weight excluding hydrogens is 214 g/mol. The molecule has 0 saturated carbocycles. The first-order chi connectivity index (χ1) is 7.76. The Morgan fingerprint density at radius 1 is 1.00 bits per heavy atom. The molecule has 3 nitrogen and oxygen atoms in total. The summed E-state index contributed by atoms with van der Waals surface area (Å²) in [6.45, 7) is 8.33. The molecule has 0 atom stereocenters. The molecule has 0 spiro atoms. The van der Waals surface area contributed by atoms with Crippen molar-refractivity contribution >= 4 is 0 Å². The summed E-state index contributed by atoms with van der Waals surface area (Å²) in [5, 5.41) is 22.3. The van der Waals surface area contributed by atoms with Gasteiger partial charge in [-0.2, -0.15) is 0 Å². The summed E-state index contributed by atoms with van der Waals surface area (Å²) in [6, 6.07) is 7.79. The van der Waals surface area contributed by atoms with Crippen molar-refractivity contribution < 1.29 is 10.2 Å². The van der Waals surface area contributed by atoms with Crippen molar-refractivity contribution in [1.82, 2.24) is 5.32 Å². The largest absolute Gasteiger partial charge is 0.392 e. The van der Waals surface area contributed by atoms with Gasteiger partial charge >= 0.3 is 0 Å². The van der Waals surface area contributed by atoms with Gasteiger partial charge in [0.15, 0.2) is 0 Å². The van der Waals surface area contributed by atoms with Gasteiger partial charge in [0.05, 0.1) is 12.2 Å². The molecule has 3 N–H and O–H groups in total. The highest BCUT2D eigenvalue weighted by molar-refractivity contribution is 5.22. The summed E-state index contributed by atoms with van der Waals surface area (Å²) in [6.07, 6.45) is 0. The van der Waals surface area contributed by atoms with Gasteiger partial charge in [-0.1, -0.05) is 24.3 Å². The predicted molar refractivity (Wildman–Crippen MR) is 69.6 cm³/mol. The molecule has 0 bridgehead atoms. The van der Waals surface area contributed by atoms with Crippen LogP contribution in [0, 0.1) is 0 Å². The molecule has 0 aliphatic heterocycles. The molecule has 0 amide bonds. The van der Waals surface area contributed by atoms with Crippen molar-refractivity contribution in [2.75, 3.05) is 0 Å². The van der Waals surface area contributed by atoms with E-state index in [1.54, 1.807) is 13.8 Å². The van der Waals surface area contributed by atoms with Crippen LogP contribution in [0.1, 0.15) is 38.8 Å². The second-order valence-electron chi connectivity index (χ2n) is 5.51. The fourth-order valence-corrected chi connectivity index (χ4v) is 1.30. The number of nitrogens with one attached hydrogen (secondary N) is 1. The molecule has 0 aromatic heterocycles. The number of aliphatic hydroxyl groups excluding tert-OH is 1. The van der Waals surface area contributed by atoms with Gasteiger partial charge in [0.1, 0.15) is 0 Å². The van der Waals surface area contributed by atoms with Gasteiger partial charge in [0.25, 0.3) is 0 Å². The Bertz CT molecular complexity index is 349. The van der Waals surface area contributed by atoms with Gasteiger partial charge < -0.3 is 15.5 Å². The fraction of sp³-hybridized carbons (Fsp3) is 0.571. The van der Waals surface area contributed by atoms with Crippen LogP contribution in [0.5, 0.6) is 0 Å². The monoisotopic (exact) mass is 237 g/mol. The van der Waals surface area contributed by atoms with E-state index in [-0.39, 0.29) is 12.1 Å². The van der Waals surface area contributed by atoms with E-state index in [1.807, 2.05) is 38.1 Å². The Labute approximate surface area is 103 Å². The highest BCUT2D eigenvalue weighted by Gasteiger charge is 2.34. The third kappa shape index (κ3) is 3.80. The first-order valence-electron chi connectivity index (χ1n) is 5.92.